The van der Waals surface area contributed by atoms with E-state index >= 15 is 0 Å². The molecular weight excluding hydrogens is 382 g/mol. The first-order valence-electron chi connectivity index (χ1n) is 9.91. The highest BCUT2D eigenvalue weighted by molar-refractivity contribution is 7.80. The van der Waals surface area contributed by atoms with E-state index in [0.717, 1.165) is 55.0 Å². The first-order chi connectivity index (χ1) is 14.3. The van der Waals surface area contributed by atoms with Gasteiger partial charge < -0.3 is 19.7 Å². The summed E-state index contributed by atoms with van der Waals surface area (Å²) in [5.41, 5.74) is 2.31. The fraction of sp³-hybridized carbons (Fsp3) is 0.261. The molecule has 0 spiro atoms. The second kappa shape index (κ2) is 7.89. The molecule has 3 aromatic carbocycles. The molecule has 0 saturated carbocycles. The van der Waals surface area contributed by atoms with Crippen molar-refractivity contribution in [2.45, 2.75) is 6.54 Å². The van der Waals surface area contributed by atoms with Gasteiger partial charge in [-0.2, -0.15) is 0 Å². The molecule has 29 heavy (non-hydrogen) atoms. The summed E-state index contributed by atoms with van der Waals surface area (Å²) in [4.78, 5) is 4.74. The Bertz CT molecular complexity index is 1040. The normalized spacial score (nSPS) is 16.2. The Balaban J connectivity index is 1.18. The fourth-order valence-corrected chi connectivity index (χ4v) is 4.26. The van der Waals surface area contributed by atoms with E-state index in [1.165, 1.54) is 16.3 Å². The summed E-state index contributed by atoms with van der Waals surface area (Å²) in [5.74, 6) is 1.54. The Hall–Kier alpha value is -2.83. The lowest BCUT2D eigenvalue weighted by atomic mass is 10.0. The van der Waals surface area contributed by atoms with Gasteiger partial charge in [-0.1, -0.05) is 42.5 Å². The number of benzene rings is 3. The summed E-state index contributed by atoms with van der Waals surface area (Å²) in [6, 6.07) is 21.0. The lowest BCUT2D eigenvalue weighted by Gasteiger charge is -2.36. The van der Waals surface area contributed by atoms with Gasteiger partial charge in [0.25, 0.3) is 0 Å². The van der Waals surface area contributed by atoms with Crippen LogP contribution in [0.3, 0.4) is 0 Å². The molecule has 5 nitrogen and oxygen atoms in total. The second-order valence-electron chi connectivity index (χ2n) is 7.40. The van der Waals surface area contributed by atoms with Gasteiger partial charge in [0.15, 0.2) is 16.6 Å². The number of thiocarbonyl (C=S) groups is 1. The molecule has 0 atom stereocenters. The van der Waals surface area contributed by atoms with Crippen LogP contribution in [0.5, 0.6) is 11.5 Å². The minimum absolute atomic E-state index is 0.280. The average Bonchev–Trinajstić information content (AvgIpc) is 3.22. The van der Waals surface area contributed by atoms with E-state index in [-0.39, 0.29) is 6.79 Å². The second-order valence-corrected chi connectivity index (χ2v) is 7.79. The van der Waals surface area contributed by atoms with Crippen LogP contribution < -0.4 is 14.8 Å². The van der Waals surface area contributed by atoms with Crippen molar-refractivity contribution in [3.63, 3.8) is 0 Å². The Morgan fingerprint density at radius 2 is 1.69 bits per heavy atom. The number of nitrogens with one attached hydrogen (secondary N) is 1. The van der Waals surface area contributed by atoms with E-state index in [0.29, 0.717) is 0 Å². The summed E-state index contributed by atoms with van der Waals surface area (Å²) < 4.78 is 10.8. The van der Waals surface area contributed by atoms with Crippen molar-refractivity contribution in [3.8, 4) is 11.5 Å². The smallest absolute Gasteiger partial charge is 0.231 e. The molecule has 1 N–H and O–H groups in total. The molecule has 0 bridgehead atoms. The maximum atomic E-state index is 5.64. The highest BCUT2D eigenvalue weighted by Gasteiger charge is 2.20. The summed E-state index contributed by atoms with van der Waals surface area (Å²) in [5, 5.41) is 6.74. The van der Waals surface area contributed by atoms with Gasteiger partial charge in [0.2, 0.25) is 6.79 Å². The topological polar surface area (TPSA) is 37.0 Å². The monoisotopic (exact) mass is 405 g/mol. The summed E-state index contributed by atoms with van der Waals surface area (Å²) in [7, 11) is 0. The Kier molecular flexibility index (Phi) is 4.96. The third-order valence-electron chi connectivity index (χ3n) is 5.56. The molecule has 3 aromatic rings. The molecule has 2 aliphatic rings. The van der Waals surface area contributed by atoms with Crippen LogP contribution in [0.15, 0.2) is 60.7 Å². The zero-order valence-electron chi connectivity index (χ0n) is 16.1. The number of hydrogen-bond donors (Lipinski definition) is 1. The third-order valence-corrected chi connectivity index (χ3v) is 5.92. The molecule has 2 aliphatic heterocycles. The van der Waals surface area contributed by atoms with Gasteiger partial charge in [-0.3, -0.25) is 4.90 Å². The Morgan fingerprint density at radius 3 is 2.59 bits per heavy atom. The average molecular weight is 406 g/mol. The molecule has 148 valence electrons. The van der Waals surface area contributed by atoms with Crippen molar-refractivity contribution < 1.29 is 9.47 Å². The molecule has 5 rings (SSSR count). The van der Waals surface area contributed by atoms with E-state index < -0.39 is 0 Å². The van der Waals surface area contributed by atoms with Crippen LogP contribution in [0, 0.1) is 0 Å². The molecule has 0 aliphatic carbocycles. The SMILES string of the molecule is S=C(Nc1ccc2c(c1)OCO2)N1CCN(Cc2cccc3ccccc23)CC1. The maximum Gasteiger partial charge on any atom is 0.231 e. The van der Waals surface area contributed by atoms with Crippen LogP contribution in [0.1, 0.15) is 5.56 Å². The molecule has 0 aromatic heterocycles. The van der Waals surface area contributed by atoms with E-state index in [1.54, 1.807) is 0 Å². The molecule has 0 amide bonds. The number of anilines is 1. The number of ether oxygens (including phenoxy) is 2. The Morgan fingerprint density at radius 1 is 0.897 bits per heavy atom. The zero-order valence-corrected chi connectivity index (χ0v) is 17.0. The maximum absolute atomic E-state index is 5.64. The standard InChI is InChI=1S/C23H23N3O2S/c29-23(24-19-8-9-21-22(14-19)28-16-27-21)26-12-10-25(11-13-26)15-18-6-3-5-17-4-1-2-7-20(17)18/h1-9,14H,10-13,15-16H2,(H,24,29). The molecule has 0 radical (unpaired) electrons. The van der Waals surface area contributed by atoms with Gasteiger partial charge in [-0.05, 0) is 40.7 Å². The van der Waals surface area contributed by atoms with Crippen molar-refractivity contribution in [2.24, 2.45) is 0 Å². The predicted molar refractivity (Wildman–Crippen MR) is 120 cm³/mol. The van der Waals surface area contributed by atoms with Gasteiger partial charge in [0, 0.05) is 44.5 Å². The number of fused-ring (bicyclic) bond motifs is 2. The molecule has 1 saturated heterocycles. The van der Waals surface area contributed by atoms with Crippen LogP contribution in [-0.2, 0) is 6.54 Å². The van der Waals surface area contributed by atoms with Crippen molar-refractivity contribution in [2.75, 3.05) is 38.3 Å². The fourth-order valence-electron chi connectivity index (χ4n) is 3.96. The first kappa shape index (κ1) is 18.2. The van der Waals surface area contributed by atoms with Crippen molar-refractivity contribution in [1.29, 1.82) is 0 Å². The van der Waals surface area contributed by atoms with Crippen LogP contribution in [0.4, 0.5) is 5.69 Å². The number of hydrogen-bond acceptors (Lipinski definition) is 4. The van der Waals surface area contributed by atoms with Crippen LogP contribution in [-0.4, -0.2) is 47.9 Å². The third kappa shape index (κ3) is 3.86. The molecule has 1 fully saturated rings. The van der Waals surface area contributed by atoms with Crippen molar-refractivity contribution >= 4 is 33.8 Å². The quantitative estimate of drug-likeness (QED) is 0.662. The Labute approximate surface area is 175 Å². The first-order valence-corrected chi connectivity index (χ1v) is 10.3. The lowest BCUT2D eigenvalue weighted by molar-refractivity contribution is 0.174. The van der Waals surface area contributed by atoms with Gasteiger partial charge in [-0.15, -0.1) is 0 Å². The van der Waals surface area contributed by atoms with Gasteiger partial charge in [-0.25, -0.2) is 0 Å². The van der Waals surface area contributed by atoms with E-state index in [1.807, 2.05) is 18.2 Å². The van der Waals surface area contributed by atoms with Crippen LogP contribution in [0.2, 0.25) is 0 Å². The lowest BCUT2D eigenvalue weighted by Crippen LogP contribution is -2.49. The van der Waals surface area contributed by atoms with E-state index in [2.05, 4.69) is 57.6 Å². The highest BCUT2D eigenvalue weighted by atomic mass is 32.1. The van der Waals surface area contributed by atoms with Crippen molar-refractivity contribution in [1.82, 2.24) is 9.80 Å². The van der Waals surface area contributed by atoms with Gasteiger partial charge in [0.1, 0.15) is 0 Å². The molecule has 0 unspecified atom stereocenters. The largest absolute Gasteiger partial charge is 0.454 e. The van der Waals surface area contributed by atoms with Gasteiger partial charge >= 0.3 is 0 Å². The van der Waals surface area contributed by atoms with Crippen molar-refractivity contribution in [3.05, 3.63) is 66.2 Å². The number of rotatable bonds is 3. The van der Waals surface area contributed by atoms with Crippen LogP contribution in [0.25, 0.3) is 10.8 Å². The van der Waals surface area contributed by atoms with E-state index in [4.69, 9.17) is 21.7 Å². The minimum Gasteiger partial charge on any atom is -0.454 e. The molecule has 2 heterocycles. The van der Waals surface area contributed by atoms with Crippen LogP contribution >= 0.6 is 12.2 Å². The predicted octanol–water partition coefficient (Wildman–Crippen LogP) is 4.08. The molecule has 6 heteroatoms. The minimum atomic E-state index is 0.280. The highest BCUT2D eigenvalue weighted by Crippen LogP contribution is 2.34. The summed E-state index contributed by atoms with van der Waals surface area (Å²) in [6.07, 6.45) is 0. The number of nitrogens with zero attached hydrogens (tertiary/aromatic N) is 2. The number of piperazine rings is 1. The van der Waals surface area contributed by atoms with E-state index in [9.17, 15) is 0 Å². The summed E-state index contributed by atoms with van der Waals surface area (Å²) >= 11 is 5.64. The zero-order chi connectivity index (χ0) is 19.6. The van der Waals surface area contributed by atoms with Gasteiger partial charge in [0.05, 0.1) is 0 Å². The summed E-state index contributed by atoms with van der Waals surface area (Å²) in [6.45, 7) is 5.07. The molecular formula is C23H23N3O2S.